The van der Waals surface area contributed by atoms with Crippen LogP contribution in [0.25, 0.3) is 6.08 Å². The van der Waals surface area contributed by atoms with E-state index < -0.39 is 0 Å². The van der Waals surface area contributed by atoms with Gasteiger partial charge in [-0.1, -0.05) is 86.5 Å². The largest absolute Gasteiger partial charge is 0.457 e. The molecule has 1 aromatic heterocycles. The fraction of sp³-hybridized carbons (Fsp3) is 0.353. The predicted molar refractivity (Wildman–Crippen MR) is 156 cm³/mol. The third-order valence-electron chi connectivity index (χ3n) is 7.58. The van der Waals surface area contributed by atoms with Gasteiger partial charge in [-0.15, -0.1) is 10.2 Å². The molecule has 0 saturated carbocycles. The number of rotatable bonds is 10. The third kappa shape index (κ3) is 6.80. The fourth-order valence-corrected chi connectivity index (χ4v) is 5.44. The average Bonchev–Trinajstić information content (AvgIpc) is 3.27. The van der Waals surface area contributed by atoms with Crippen LogP contribution in [-0.4, -0.2) is 14.8 Å². The van der Waals surface area contributed by atoms with Crippen molar-refractivity contribution in [3.05, 3.63) is 119 Å². The Kier molecular flexibility index (Phi) is 8.70. The van der Waals surface area contributed by atoms with Gasteiger partial charge >= 0.3 is 0 Å². The van der Waals surface area contributed by atoms with Crippen molar-refractivity contribution in [3.63, 3.8) is 0 Å². The Morgan fingerprint density at radius 3 is 2.74 bits per heavy atom. The number of fused-ring (bicyclic) bond motifs is 1. The van der Waals surface area contributed by atoms with Crippen molar-refractivity contribution in [1.82, 2.24) is 14.8 Å². The quantitative estimate of drug-likeness (QED) is 0.261. The van der Waals surface area contributed by atoms with E-state index in [0.29, 0.717) is 11.8 Å². The van der Waals surface area contributed by atoms with Gasteiger partial charge in [0, 0.05) is 18.0 Å². The second kappa shape index (κ2) is 12.7. The first kappa shape index (κ1) is 26.0. The molecular weight excluding hydrogens is 466 g/mol. The first-order valence-electron chi connectivity index (χ1n) is 14.1. The molecule has 2 heterocycles. The summed E-state index contributed by atoms with van der Waals surface area (Å²) in [5.74, 6) is 4.65. The first-order chi connectivity index (χ1) is 18.7. The van der Waals surface area contributed by atoms with Crippen molar-refractivity contribution in [3.8, 4) is 5.75 Å². The molecule has 4 heteroatoms. The number of nitrogens with zero attached hydrogens (tertiary/aromatic N) is 3. The summed E-state index contributed by atoms with van der Waals surface area (Å²) in [6.07, 6.45) is 22.9. The van der Waals surface area contributed by atoms with Crippen molar-refractivity contribution in [1.29, 1.82) is 0 Å². The molecule has 0 bridgehead atoms. The number of allylic oxidation sites excluding steroid dienone is 6. The van der Waals surface area contributed by atoms with E-state index >= 15 is 0 Å². The normalized spacial score (nSPS) is 19.6. The molecule has 0 N–H and O–H groups in total. The van der Waals surface area contributed by atoms with E-state index in [1.807, 2.05) is 19.1 Å². The Balaban J connectivity index is 1.27. The number of hydrogen-bond acceptors (Lipinski definition) is 3. The third-order valence-corrected chi connectivity index (χ3v) is 7.58. The summed E-state index contributed by atoms with van der Waals surface area (Å²) >= 11 is 0. The van der Waals surface area contributed by atoms with Crippen LogP contribution in [0.15, 0.2) is 90.7 Å². The molecule has 2 aliphatic rings. The summed E-state index contributed by atoms with van der Waals surface area (Å²) < 4.78 is 8.77. The number of ether oxygens (including phenoxy) is 1. The van der Waals surface area contributed by atoms with Crippen LogP contribution in [0.5, 0.6) is 5.75 Å². The molecule has 4 nitrogen and oxygen atoms in total. The molecule has 0 spiro atoms. The van der Waals surface area contributed by atoms with Crippen molar-refractivity contribution in [2.24, 2.45) is 5.92 Å². The lowest BCUT2D eigenvalue weighted by atomic mass is 9.89. The molecule has 196 valence electrons. The van der Waals surface area contributed by atoms with E-state index in [2.05, 4.69) is 101 Å². The first-order valence-corrected chi connectivity index (χ1v) is 14.1. The van der Waals surface area contributed by atoms with E-state index in [1.165, 1.54) is 42.4 Å². The molecule has 0 radical (unpaired) electrons. The second-order valence-corrected chi connectivity index (χ2v) is 10.7. The maximum Gasteiger partial charge on any atom is 0.156 e. The molecule has 1 aliphatic carbocycles. The van der Waals surface area contributed by atoms with Gasteiger partial charge in [0.1, 0.15) is 17.3 Å². The SMILES string of the molecule is Cc1nnc2n1CC/C=C(Oc1cc(CC(C)CCCCc3ccccc3)ccc1C1C=CC=CC1)\C=C/2. The van der Waals surface area contributed by atoms with Gasteiger partial charge in [0.2, 0.25) is 0 Å². The summed E-state index contributed by atoms with van der Waals surface area (Å²) in [4.78, 5) is 0. The van der Waals surface area contributed by atoms with Gasteiger partial charge in [-0.25, -0.2) is 0 Å². The molecule has 0 saturated heterocycles. The van der Waals surface area contributed by atoms with Crippen LogP contribution in [0.2, 0.25) is 0 Å². The van der Waals surface area contributed by atoms with Crippen LogP contribution in [0.1, 0.15) is 73.3 Å². The highest BCUT2D eigenvalue weighted by molar-refractivity contribution is 5.49. The van der Waals surface area contributed by atoms with E-state index in [1.54, 1.807) is 0 Å². The maximum absolute atomic E-state index is 6.63. The molecule has 0 amide bonds. The molecule has 0 fully saturated rings. The minimum atomic E-state index is 0.336. The van der Waals surface area contributed by atoms with Gasteiger partial charge in [-0.05, 0) is 80.4 Å². The van der Waals surface area contributed by atoms with E-state index in [0.717, 1.165) is 49.0 Å². The van der Waals surface area contributed by atoms with Gasteiger partial charge in [-0.3, -0.25) is 0 Å². The van der Waals surface area contributed by atoms with Crippen LogP contribution >= 0.6 is 0 Å². The average molecular weight is 506 g/mol. The summed E-state index contributed by atoms with van der Waals surface area (Å²) in [6.45, 7) is 5.24. The summed E-state index contributed by atoms with van der Waals surface area (Å²) in [6, 6.07) is 17.7. The van der Waals surface area contributed by atoms with Crippen LogP contribution in [-0.2, 0) is 19.4 Å². The van der Waals surface area contributed by atoms with Crippen LogP contribution < -0.4 is 4.74 Å². The standard InChI is InChI=1S/C34H39N3O/c1-26(12-9-10-15-28-13-5-3-6-14-28)24-29-19-21-32(30-16-7-4-8-17-30)33(25-29)38-31-18-11-23-37-27(2)35-36-34(37)22-20-31/h3-8,13-14,16,18-22,25-26,30H,9-12,15,17,23-24H2,1-2H3/b22-20-,31-18+. The highest BCUT2D eigenvalue weighted by Gasteiger charge is 2.17. The smallest absolute Gasteiger partial charge is 0.156 e. The summed E-state index contributed by atoms with van der Waals surface area (Å²) in [5.41, 5.74) is 4.04. The summed E-state index contributed by atoms with van der Waals surface area (Å²) in [5, 5.41) is 8.54. The number of benzene rings is 2. The highest BCUT2D eigenvalue weighted by atomic mass is 16.5. The zero-order chi connectivity index (χ0) is 26.2. The molecule has 38 heavy (non-hydrogen) atoms. The van der Waals surface area contributed by atoms with Gasteiger partial charge in [-0.2, -0.15) is 0 Å². The molecular formula is C34H39N3O. The Bertz CT molecular complexity index is 1330. The Hall–Kier alpha value is -3.66. The van der Waals surface area contributed by atoms with Crippen LogP contribution in [0.3, 0.4) is 0 Å². The van der Waals surface area contributed by atoms with Gasteiger partial charge in [0.15, 0.2) is 5.82 Å². The number of aryl methyl sites for hydroxylation is 2. The van der Waals surface area contributed by atoms with Gasteiger partial charge in [0.05, 0.1) is 0 Å². The molecule has 3 aromatic rings. The van der Waals surface area contributed by atoms with E-state index in [9.17, 15) is 0 Å². The van der Waals surface area contributed by atoms with E-state index in [4.69, 9.17) is 4.74 Å². The molecule has 2 atom stereocenters. The van der Waals surface area contributed by atoms with Gasteiger partial charge in [0.25, 0.3) is 0 Å². The topological polar surface area (TPSA) is 39.9 Å². The lowest BCUT2D eigenvalue weighted by molar-refractivity contribution is 0.430. The van der Waals surface area contributed by atoms with E-state index in [-0.39, 0.29) is 0 Å². The Morgan fingerprint density at radius 1 is 1.00 bits per heavy atom. The number of unbranched alkanes of at least 4 members (excludes halogenated alkanes) is 1. The summed E-state index contributed by atoms with van der Waals surface area (Å²) in [7, 11) is 0. The van der Waals surface area contributed by atoms with Gasteiger partial charge < -0.3 is 9.30 Å². The second-order valence-electron chi connectivity index (χ2n) is 10.7. The zero-order valence-corrected chi connectivity index (χ0v) is 22.7. The Morgan fingerprint density at radius 2 is 1.89 bits per heavy atom. The van der Waals surface area contributed by atoms with Crippen molar-refractivity contribution in [2.45, 2.75) is 71.3 Å². The lowest BCUT2D eigenvalue weighted by Gasteiger charge is -2.21. The zero-order valence-electron chi connectivity index (χ0n) is 22.7. The Labute approximate surface area is 227 Å². The van der Waals surface area contributed by atoms with Crippen LogP contribution in [0.4, 0.5) is 0 Å². The molecule has 2 unspecified atom stereocenters. The number of hydrogen-bond donors (Lipinski definition) is 0. The molecule has 2 aromatic carbocycles. The molecule has 1 aliphatic heterocycles. The molecule has 5 rings (SSSR count). The number of aromatic nitrogens is 3. The minimum Gasteiger partial charge on any atom is -0.457 e. The predicted octanol–water partition coefficient (Wildman–Crippen LogP) is 8.16. The van der Waals surface area contributed by atoms with Crippen molar-refractivity contribution in [2.75, 3.05) is 0 Å². The monoisotopic (exact) mass is 505 g/mol. The maximum atomic E-state index is 6.63. The van der Waals surface area contributed by atoms with Crippen LogP contribution in [0, 0.1) is 12.8 Å². The minimum absolute atomic E-state index is 0.336. The fourth-order valence-electron chi connectivity index (χ4n) is 5.44. The van der Waals surface area contributed by atoms with Crippen molar-refractivity contribution >= 4 is 6.08 Å². The highest BCUT2D eigenvalue weighted by Crippen LogP contribution is 2.35. The lowest BCUT2D eigenvalue weighted by Crippen LogP contribution is -2.07. The van der Waals surface area contributed by atoms with Crippen molar-refractivity contribution < 1.29 is 4.74 Å².